The van der Waals surface area contributed by atoms with Gasteiger partial charge in [-0.1, -0.05) is 18.2 Å². The molecule has 96 valence electrons. The molecule has 0 saturated heterocycles. The predicted molar refractivity (Wildman–Crippen MR) is 83.9 cm³/mol. The van der Waals surface area contributed by atoms with Crippen molar-refractivity contribution in [3.8, 4) is 0 Å². The van der Waals surface area contributed by atoms with Gasteiger partial charge in [0.05, 0.1) is 20.2 Å². The van der Waals surface area contributed by atoms with E-state index in [4.69, 9.17) is 0 Å². The van der Waals surface area contributed by atoms with Crippen LogP contribution in [0.1, 0.15) is 17.0 Å². The minimum absolute atomic E-state index is 0.0727. The first-order valence-electron chi connectivity index (χ1n) is 5.74. The minimum atomic E-state index is -0.0727. The van der Waals surface area contributed by atoms with Gasteiger partial charge in [0.1, 0.15) is 0 Å². The molecule has 0 fully saturated rings. The number of aryl methyl sites for hydroxylation is 1. The highest BCUT2D eigenvalue weighted by atomic mass is 79.9. The second kappa shape index (κ2) is 4.65. The van der Waals surface area contributed by atoms with Crippen molar-refractivity contribution in [2.45, 2.75) is 6.92 Å². The molecule has 1 aromatic carbocycles. The third kappa shape index (κ3) is 2.07. The van der Waals surface area contributed by atoms with E-state index in [0.29, 0.717) is 5.57 Å². The number of carbonyl (C=O) groups is 1. The van der Waals surface area contributed by atoms with Crippen LogP contribution < -0.4 is 5.32 Å². The number of anilines is 1. The molecule has 3 rings (SSSR count). The van der Waals surface area contributed by atoms with Crippen molar-refractivity contribution >= 4 is 55.1 Å². The molecule has 1 aliphatic heterocycles. The lowest BCUT2D eigenvalue weighted by molar-refractivity contribution is -0.110. The number of aromatic amines is 1. The SMILES string of the molecule is Cc1[nH]c(/C=C2\C(=O)Nc3ccccc32)c(Br)c1Br. The van der Waals surface area contributed by atoms with E-state index in [0.717, 1.165) is 31.6 Å². The molecule has 0 atom stereocenters. The monoisotopic (exact) mass is 380 g/mol. The fourth-order valence-electron chi connectivity index (χ4n) is 2.12. The Hall–Kier alpha value is -1.33. The van der Waals surface area contributed by atoms with Crippen molar-refractivity contribution in [2.24, 2.45) is 0 Å². The molecule has 2 aromatic rings. The van der Waals surface area contributed by atoms with E-state index in [2.05, 4.69) is 42.2 Å². The number of para-hydroxylation sites is 1. The molecule has 0 radical (unpaired) electrons. The van der Waals surface area contributed by atoms with Gasteiger partial charge in [-0.25, -0.2) is 0 Å². The number of H-pyrrole nitrogens is 1. The lowest BCUT2D eigenvalue weighted by atomic mass is 10.1. The number of halogens is 2. The molecule has 3 nitrogen and oxygen atoms in total. The van der Waals surface area contributed by atoms with Crippen molar-refractivity contribution in [2.75, 3.05) is 5.32 Å². The highest BCUT2D eigenvalue weighted by molar-refractivity contribution is 9.13. The van der Waals surface area contributed by atoms with Crippen LogP contribution in [-0.2, 0) is 4.79 Å². The Morgan fingerprint density at radius 1 is 1.16 bits per heavy atom. The summed E-state index contributed by atoms with van der Waals surface area (Å²) in [5.74, 6) is -0.0727. The van der Waals surface area contributed by atoms with Crippen molar-refractivity contribution < 1.29 is 4.79 Å². The quantitative estimate of drug-likeness (QED) is 0.709. The summed E-state index contributed by atoms with van der Waals surface area (Å²) in [7, 11) is 0. The Bertz CT molecular complexity index is 716. The smallest absolute Gasteiger partial charge is 0.256 e. The first-order valence-corrected chi connectivity index (χ1v) is 7.32. The molecule has 5 heteroatoms. The third-order valence-corrected chi connectivity index (χ3v) is 5.43. The highest BCUT2D eigenvalue weighted by Crippen LogP contribution is 2.36. The van der Waals surface area contributed by atoms with Crippen LogP contribution in [-0.4, -0.2) is 10.9 Å². The van der Waals surface area contributed by atoms with Crippen LogP contribution in [0.2, 0.25) is 0 Å². The largest absolute Gasteiger partial charge is 0.357 e. The summed E-state index contributed by atoms with van der Waals surface area (Å²) in [5.41, 5.74) is 4.36. The molecule has 2 N–H and O–H groups in total. The summed E-state index contributed by atoms with van der Waals surface area (Å²) < 4.78 is 1.90. The number of rotatable bonds is 1. The molecule has 0 spiro atoms. The van der Waals surface area contributed by atoms with Gasteiger partial charge >= 0.3 is 0 Å². The average Bonchev–Trinajstić information content (AvgIpc) is 2.83. The number of hydrogen-bond donors (Lipinski definition) is 2. The van der Waals surface area contributed by atoms with Gasteiger partial charge in [-0.3, -0.25) is 4.79 Å². The van der Waals surface area contributed by atoms with Gasteiger partial charge in [0.2, 0.25) is 0 Å². The van der Waals surface area contributed by atoms with E-state index >= 15 is 0 Å². The van der Waals surface area contributed by atoms with Gasteiger partial charge in [0, 0.05) is 16.9 Å². The molecule has 1 amide bonds. The standard InChI is InChI=1S/C14H10Br2N2O/c1-7-12(15)13(16)11(17-7)6-9-8-4-2-3-5-10(8)18-14(9)19/h2-6,17H,1H3,(H,18,19)/b9-6-. The van der Waals surface area contributed by atoms with Gasteiger partial charge < -0.3 is 10.3 Å². The van der Waals surface area contributed by atoms with Crippen LogP contribution in [0.4, 0.5) is 5.69 Å². The summed E-state index contributed by atoms with van der Waals surface area (Å²) in [6.07, 6.45) is 1.86. The second-order valence-corrected chi connectivity index (χ2v) is 5.94. The van der Waals surface area contributed by atoms with E-state index in [1.807, 2.05) is 37.3 Å². The molecular formula is C14H10Br2N2O. The molecule has 0 unspecified atom stereocenters. The van der Waals surface area contributed by atoms with Gasteiger partial charge in [-0.05, 0) is 50.9 Å². The lowest BCUT2D eigenvalue weighted by Crippen LogP contribution is -2.03. The van der Waals surface area contributed by atoms with Gasteiger partial charge in [0.25, 0.3) is 5.91 Å². The normalized spacial score (nSPS) is 15.7. The minimum Gasteiger partial charge on any atom is -0.357 e. The number of hydrogen-bond acceptors (Lipinski definition) is 1. The molecule has 1 aromatic heterocycles. The Morgan fingerprint density at radius 3 is 2.58 bits per heavy atom. The van der Waals surface area contributed by atoms with Gasteiger partial charge in [-0.15, -0.1) is 0 Å². The molecule has 0 aliphatic carbocycles. The topological polar surface area (TPSA) is 44.9 Å². The van der Waals surface area contributed by atoms with Crippen LogP contribution >= 0.6 is 31.9 Å². The van der Waals surface area contributed by atoms with E-state index < -0.39 is 0 Å². The number of carbonyl (C=O) groups excluding carboxylic acids is 1. The number of aromatic nitrogens is 1. The molecule has 0 bridgehead atoms. The predicted octanol–water partition coefficient (Wildman–Crippen LogP) is 4.34. The Balaban J connectivity index is 2.14. The van der Waals surface area contributed by atoms with E-state index in [-0.39, 0.29) is 5.91 Å². The van der Waals surface area contributed by atoms with Crippen LogP contribution in [0.3, 0.4) is 0 Å². The number of benzene rings is 1. The maximum Gasteiger partial charge on any atom is 0.256 e. The van der Waals surface area contributed by atoms with E-state index in [1.54, 1.807) is 0 Å². The summed E-state index contributed by atoms with van der Waals surface area (Å²) in [6, 6.07) is 7.68. The molecule has 1 aliphatic rings. The molecular weight excluding hydrogens is 372 g/mol. The van der Waals surface area contributed by atoms with Crippen molar-refractivity contribution in [1.29, 1.82) is 0 Å². The zero-order valence-corrected chi connectivity index (χ0v) is 13.2. The van der Waals surface area contributed by atoms with Crippen LogP contribution in [0.5, 0.6) is 0 Å². The van der Waals surface area contributed by atoms with E-state index in [1.165, 1.54) is 0 Å². The average molecular weight is 382 g/mol. The summed E-state index contributed by atoms with van der Waals surface area (Å²) in [4.78, 5) is 15.3. The van der Waals surface area contributed by atoms with Crippen molar-refractivity contribution in [1.82, 2.24) is 4.98 Å². The molecule has 0 saturated carbocycles. The summed E-state index contributed by atoms with van der Waals surface area (Å²) in [5, 5.41) is 2.86. The number of amides is 1. The fourth-order valence-corrected chi connectivity index (χ4v) is 2.94. The van der Waals surface area contributed by atoms with Crippen LogP contribution in [0.15, 0.2) is 33.2 Å². The second-order valence-electron chi connectivity index (χ2n) is 4.35. The number of nitrogens with one attached hydrogen (secondary N) is 2. The first-order chi connectivity index (χ1) is 9.08. The third-order valence-electron chi connectivity index (χ3n) is 3.08. The Morgan fingerprint density at radius 2 is 1.89 bits per heavy atom. The summed E-state index contributed by atoms with van der Waals surface area (Å²) >= 11 is 7.00. The summed E-state index contributed by atoms with van der Waals surface area (Å²) in [6.45, 7) is 1.97. The Labute approximate surface area is 127 Å². The fraction of sp³-hybridized carbons (Fsp3) is 0.0714. The number of fused-ring (bicyclic) bond motifs is 1. The highest BCUT2D eigenvalue weighted by Gasteiger charge is 2.24. The Kier molecular flexibility index (Phi) is 3.11. The van der Waals surface area contributed by atoms with Crippen LogP contribution in [0.25, 0.3) is 11.6 Å². The lowest BCUT2D eigenvalue weighted by Gasteiger charge is -1.97. The first kappa shape index (κ1) is 12.7. The zero-order valence-electron chi connectivity index (χ0n) is 10.1. The van der Waals surface area contributed by atoms with Crippen LogP contribution in [0, 0.1) is 6.92 Å². The molecule has 19 heavy (non-hydrogen) atoms. The van der Waals surface area contributed by atoms with Crippen molar-refractivity contribution in [3.63, 3.8) is 0 Å². The van der Waals surface area contributed by atoms with Crippen molar-refractivity contribution in [3.05, 3.63) is 50.2 Å². The maximum atomic E-state index is 12.0. The zero-order chi connectivity index (χ0) is 13.6. The van der Waals surface area contributed by atoms with Gasteiger partial charge in [-0.2, -0.15) is 0 Å². The van der Waals surface area contributed by atoms with E-state index in [9.17, 15) is 4.79 Å². The van der Waals surface area contributed by atoms with Gasteiger partial charge in [0.15, 0.2) is 0 Å². The maximum absolute atomic E-state index is 12.0. The molecule has 2 heterocycles.